The normalized spacial score (nSPS) is 12.8. The van der Waals surface area contributed by atoms with Gasteiger partial charge < -0.3 is 14.5 Å². The highest BCUT2D eigenvalue weighted by atomic mass is 16.5. The third kappa shape index (κ3) is 3.83. The average Bonchev–Trinajstić information content (AvgIpc) is 1.68. The lowest BCUT2D eigenvalue weighted by Gasteiger charge is -2.03. The zero-order valence-corrected chi connectivity index (χ0v) is 4.70. The van der Waals surface area contributed by atoms with Crippen molar-refractivity contribution in [2.24, 2.45) is 0 Å². The van der Waals surface area contributed by atoms with Crippen LogP contribution in [0.15, 0.2) is 0 Å². The molecule has 0 aromatic carbocycles. The number of rotatable bonds is 4. The van der Waals surface area contributed by atoms with Crippen LogP contribution < -0.4 is 0 Å². The van der Waals surface area contributed by atoms with Gasteiger partial charge in [0.05, 0.1) is 0 Å². The molecule has 1 unspecified atom stereocenters. The Bertz CT molecular complexity index is 66.3. The van der Waals surface area contributed by atoms with E-state index in [0.717, 1.165) is 6.29 Å². The van der Waals surface area contributed by atoms with Gasteiger partial charge in [0.1, 0.15) is 6.29 Å². The summed E-state index contributed by atoms with van der Waals surface area (Å²) in [5.74, 6) is 0. The Hall–Kier alpha value is -0.345. The first-order valence-electron chi connectivity index (χ1n) is 2.36. The zero-order chi connectivity index (χ0) is 6.41. The molecule has 3 nitrogen and oxygen atoms in total. The number of hydrogen-bond donors (Lipinski definition) is 1. The van der Waals surface area contributed by atoms with Crippen molar-refractivity contribution in [3.63, 3.8) is 0 Å². The summed E-state index contributed by atoms with van der Waals surface area (Å²) >= 11 is 0. The molecule has 0 spiro atoms. The lowest BCUT2D eigenvalue weighted by molar-refractivity contribution is -0.109. The van der Waals surface area contributed by atoms with E-state index in [1.807, 2.05) is 0 Å². The van der Waals surface area contributed by atoms with Gasteiger partial charge in [0.15, 0.2) is 0 Å². The molecular weight excluding hydrogens is 107 g/mol. The molecule has 0 aromatic rings. The van der Waals surface area contributed by atoms with Crippen LogP contribution >= 0.6 is 0 Å². The van der Waals surface area contributed by atoms with Crippen molar-refractivity contribution in [3.05, 3.63) is 0 Å². The molecular formula is C4H8BO3. The van der Waals surface area contributed by atoms with E-state index in [4.69, 9.17) is 5.02 Å². The van der Waals surface area contributed by atoms with Gasteiger partial charge in [0, 0.05) is 12.5 Å². The number of carbonyl (C=O) groups excluding carboxylic acids is 1. The molecule has 0 bridgehead atoms. The van der Waals surface area contributed by atoms with Gasteiger partial charge in [-0.1, -0.05) is 0 Å². The minimum absolute atomic E-state index is 0.211. The molecule has 45 valence electrons. The molecule has 1 radical (unpaired) electrons. The van der Waals surface area contributed by atoms with Crippen LogP contribution in [0, 0.1) is 0 Å². The summed E-state index contributed by atoms with van der Waals surface area (Å²) in [6.07, 6.45) is 0.850. The van der Waals surface area contributed by atoms with Gasteiger partial charge in [-0.25, -0.2) is 0 Å². The summed E-state index contributed by atoms with van der Waals surface area (Å²) in [5.41, 5.74) is 0. The second-order valence-electron chi connectivity index (χ2n) is 1.45. The maximum Gasteiger partial charge on any atom is 0.485 e. The van der Waals surface area contributed by atoms with E-state index in [2.05, 4.69) is 4.65 Å². The van der Waals surface area contributed by atoms with Gasteiger partial charge in [-0.2, -0.15) is 0 Å². The fraction of sp³-hybridized carbons (Fsp3) is 0.750. The summed E-state index contributed by atoms with van der Waals surface area (Å²) in [5, 5.41) is 8.00. The van der Waals surface area contributed by atoms with Crippen molar-refractivity contribution in [1.29, 1.82) is 0 Å². The predicted molar refractivity (Wildman–Crippen MR) is 29.2 cm³/mol. The molecule has 0 saturated carbocycles. The van der Waals surface area contributed by atoms with E-state index >= 15 is 0 Å². The van der Waals surface area contributed by atoms with E-state index in [9.17, 15) is 4.79 Å². The van der Waals surface area contributed by atoms with Crippen molar-refractivity contribution < 1.29 is 14.5 Å². The molecule has 0 amide bonds. The molecule has 0 rings (SSSR count). The Morgan fingerprint density at radius 2 is 2.62 bits per heavy atom. The van der Waals surface area contributed by atoms with Gasteiger partial charge in [0.25, 0.3) is 0 Å². The SMILES string of the molecule is CC(CC=O)O[B]O. The Morgan fingerprint density at radius 1 is 2.00 bits per heavy atom. The minimum atomic E-state index is -0.211. The third-order valence-electron chi connectivity index (χ3n) is 0.721. The summed E-state index contributed by atoms with van der Waals surface area (Å²) < 4.78 is 4.48. The average molecular weight is 115 g/mol. The fourth-order valence-corrected chi connectivity index (χ4v) is 0.295. The first kappa shape index (κ1) is 7.65. The van der Waals surface area contributed by atoms with Crippen LogP contribution in [-0.2, 0) is 9.45 Å². The van der Waals surface area contributed by atoms with Crippen molar-refractivity contribution in [3.8, 4) is 0 Å². The molecule has 0 fully saturated rings. The molecule has 1 N–H and O–H groups in total. The number of carbonyl (C=O) groups is 1. The second-order valence-corrected chi connectivity index (χ2v) is 1.45. The van der Waals surface area contributed by atoms with Crippen LogP contribution in [-0.4, -0.2) is 25.1 Å². The van der Waals surface area contributed by atoms with Crippen LogP contribution in [0.5, 0.6) is 0 Å². The Morgan fingerprint density at radius 3 is 3.00 bits per heavy atom. The monoisotopic (exact) mass is 115 g/mol. The lowest BCUT2D eigenvalue weighted by Crippen LogP contribution is -2.11. The lowest BCUT2D eigenvalue weighted by atomic mass is 10.3. The highest BCUT2D eigenvalue weighted by Gasteiger charge is 1.98. The van der Waals surface area contributed by atoms with E-state index in [1.165, 1.54) is 0 Å². The maximum atomic E-state index is 9.71. The Labute approximate surface area is 49.0 Å². The van der Waals surface area contributed by atoms with Gasteiger partial charge in [-0.15, -0.1) is 0 Å². The van der Waals surface area contributed by atoms with Crippen molar-refractivity contribution in [1.82, 2.24) is 0 Å². The Kier molecular flexibility index (Phi) is 4.60. The van der Waals surface area contributed by atoms with E-state index in [0.29, 0.717) is 14.1 Å². The zero-order valence-electron chi connectivity index (χ0n) is 4.70. The highest BCUT2D eigenvalue weighted by molar-refractivity contribution is 6.15. The van der Waals surface area contributed by atoms with Gasteiger partial charge in [-0.05, 0) is 6.92 Å². The maximum absolute atomic E-state index is 9.71. The van der Waals surface area contributed by atoms with Gasteiger partial charge in [-0.3, -0.25) is 0 Å². The predicted octanol–water partition coefficient (Wildman–Crippen LogP) is -0.493. The smallest absolute Gasteiger partial charge is 0.429 e. The molecule has 1 atom stereocenters. The van der Waals surface area contributed by atoms with Crippen LogP contribution in [0.2, 0.25) is 0 Å². The Balaban J connectivity index is 3.03. The van der Waals surface area contributed by atoms with Crippen LogP contribution in [0.25, 0.3) is 0 Å². The quantitative estimate of drug-likeness (QED) is 0.397. The summed E-state index contributed by atoms with van der Waals surface area (Å²) in [7, 11) is 0.591. The first-order chi connectivity index (χ1) is 3.81. The summed E-state index contributed by atoms with van der Waals surface area (Å²) in [6.45, 7) is 1.70. The standard InChI is InChI=1S/C4H8BO3/c1-4(2-3-6)8-5-7/h3-4,7H,2H2,1H3. The van der Waals surface area contributed by atoms with E-state index in [1.54, 1.807) is 6.92 Å². The van der Waals surface area contributed by atoms with Gasteiger partial charge >= 0.3 is 7.69 Å². The molecule has 0 aromatic heterocycles. The molecule has 0 saturated heterocycles. The molecule has 4 heteroatoms. The topological polar surface area (TPSA) is 46.5 Å². The van der Waals surface area contributed by atoms with E-state index in [-0.39, 0.29) is 6.10 Å². The third-order valence-corrected chi connectivity index (χ3v) is 0.721. The molecule has 0 aliphatic rings. The van der Waals surface area contributed by atoms with Gasteiger partial charge in [0.2, 0.25) is 0 Å². The second kappa shape index (κ2) is 4.81. The minimum Gasteiger partial charge on any atom is -0.429 e. The summed E-state index contributed by atoms with van der Waals surface area (Å²) in [4.78, 5) is 9.71. The summed E-state index contributed by atoms with van der Waals surface area (Å²) in [6, 6.07) is 0. The van der Waals surface area contributed by atoms with Crippen molar-refractivity contribution >= 4 is 14.0 Å². The fourth-order valence-electron chi connectivity index (χ4n) is 0.295. The van der Waals surface area contributed by atoms with Crippen LogP contribution in [0.1, 0.15) is 13.3 Å². The van der Waals surface area contributed by atoms with Crippen molar-refractivity contribution in [2.75, 3.05) is 0 Å². The molecule has 8 heavy (non-hydrogen) atoms. The molecule has 0 aliphatic carbocycles. The largest absolute Gasteiger partial charge is 0.485 e. The van der Waals surface area contributed by atoms with Crippen LogP contribution in [0.3, 0.4) is 0 Å². The van der Waals surface area contributed by atoms with Crippen LogP contribution in [0.4, 0.5) is 0 Å². The number of hydrogen-bond acceptors (Lipinski definition) is 3. The van der Waals surface area contributed by atoms with E-state index < -0.39 is 0 Å². The molecule has 0 aliphatic heterocycles. The number of aldehydes is 1. The van der Waals surface area contributed by atoms with Crippen molar-refractivity contribution in [2.45, 2.75) is 19.4 Å². The first-order valence-corrected chi connectivity index (χ1v) is 2.36. The molecule has 0 heterocycles. The highest BCUT2D eigenvalue weighted by Crippen LogP contribution is 1.89.